The van der Waals surface area contributed by atoms with Crippen LogP contribution < -0.4 is 9.47 Å². The molecular weight excluding hydrogens is 182 g/mol. The molecule has 0 saturated carbocycles. The van der Waals surface area contributed by atoms with Gasteiger partial charge < -0.3 is 9.47 Å². The number of ether oxygens (including phenoxy) is 2. The molecular formula is C8H4F2O3. The van der Waals surface area contributed by atoms with Crippen molar-refractivity contribution in [1.82, 2.24) is 0 Å². The Bertz CT molecular complexity index is 406. The SMILES string of the molecule is [2H]c1cc2c(cc1C=O)OC(F)(F)O2. The summed E-state index contributed by atoms with van der Waals surface area (Å²) in [6, 6.07) is 1.88. The van der Waals surface area contributed by atoms with E-state index in [4.69, 9.17) is 1.37 Å². The van der Waals surface area contributed by atoms with E-state index in [9.17, 15) is 13.6 Å². The third kappa shape index (κ3) is 1.32. The van der Waals surface area contributed by atoms with E-state index in [-0.39, 0.29) is 23.1 Å². The van der Waals surface area contributed by atoms with E-state index in [1.54, 1.807) is 0 Å². The Morgan fingerprint density at radius 3 is 2.85 bits per heavy atom. The summed E-state index contributed by atoms with van der Waals surface area (Å²) in [5.74, 6) is -0.460. The van der Waals surface area contributed by atoms with E-state index in [0.717, 1.165) is 12.1 Å². The lowest BCUT2D eigenvalue weighted by molar-refractivity contribution is -0.286. The van der Waals surface area contributed by atoms with Gasteiger partial charge in [0.15, 0.2) is 11.5 Å². The monoisotopic (exact) mass is 187 g/mol. The quantitative estimate of drug-likeness (QED) is 0.629. The Balaban J connectivity index is 2.49. The minimum absolute atomic E-state index is 0.0231. The lowest BCUT2D eigenvalue weighted by Gasteiger charge is -2.04. The maximum atomic E-state index is 12.5. The Kier molecular flexibility index (Phi) is 1.27. The van der Waals surface area contributed by atoms with Crippen molar-refractivity contribution in [1.29, 1.82) is 0 Å². The third-order valence-corrected chi connectivity index (χ3v) is 1.48. The summed E-state index contributed by atoms with van der Waals surface area (Å²) in [7, 11) is 0. The Morgan fingerprint density at radius 1 is 1.46 bits per heavy atom. The average Bonchev–Trinajstić information content (AvgIpc) is 2.36. The molecule has 3 nitrogen and oxygen atoms in total. The second-order valence-corrected chi connectivity index (χ2v) is 2.40. The number of hydrogen-bond donors (Lipinski definition) is 0. The van der Waals surface area contributed by atoms with Gasteiger partial charge in [-0.3, -0.25) is 4.79 Å². The van der Waals surface area contributed by atoms with Gasteiger partial charge in [-0.1, -0.05) is 0 Å². The van der Waals surface area contributed by atoms with Crippen LogP contribution in [0.3, 0.4) is 0 Å². The molecule has 0 aliphatic carbocycles. The van der Waals surface area contributed by atoms with Crippen molar-refractivity contribution in [3.05, 3.63) is 23.7 Å². The predicted octanol–water partition coefficient (Wildman–Crippen LogP) is 1.82. The number of alkyl halides is 2. The predicted molar refractivity (Wildman–Crippen MR) is 38.0 cm³/mol. The second kappa shape index (κ2) is 2.42. The van der Waals surface area contributed by atoms with Crippen molar-refractivity contribution in [3.8, 4) is 11.5 Å². The fourth-order valence-electron chi connectivity index (χ4n) is 0.978. The first-order chi connectivity index (χ1) is 6.52. The fourth-order valence-corrected chi connectivity index (χ4v) is 0.978. The van der Waals surface area contributed by atoms with Crippen LogP contribution in [-0.2, 0) is 0 Å². The van der Waals surface area contributed by atoms with Crippen molar-refractivity contribution in [2.24, 2.45) is 0 Å². The topological polar surface area (TPSA) is 35.5 Å². The van der Waals surface area contributed by atoms with E-state index < -0.39 is 6.29 Å². The first-order valence-corrected chi connectivity index (χ1v) is 3.37. The highest BCUT2D eigenvalue weighted by atomic mass is 19.3. The molecule has 1 aromatic carbocycles. The average molecular weight is 187 g/mol. The van der Waals surface area contributed by atoms with Crippen LogP contribution in [0.2, 0.25) is 0 Å². The summed E-state index contributed by atoms with van der Waals surface area (Å²) in [5.41, 5.74) is -0.0231. The third-order valence-electron chi connectivity index (χ3n) is 1.48. The molecule has 2 rings (SSSR count). The van der Waals surface area contributed by atoms with Gasteiger partial charge in [-0.25, -0.2) is 0 Å². The molecule has 1 aromatic rings. The normalized spacial score (nSPS) is 18.2. The van der Waals surface area contributed by atoms with Gasteiger partial charge in [0.1, 0.15) is 6.29 Å². The lowest BCUT2D eigenvalue weighted by Crippen LogP contribution is -2.25. The van der Waals surface area contributed by atoms with Gasteiger partial charge in [-0.05, 0) is 18.2 Å². The first kappa shape index (κ1) is 6.82. The molecule has 13 heavy (non-hydrogen) atoms. The highest BCUT2D eigenvalue weighted by molar-refractivity contribution is 5.76. The van der Waals surface area contributed by atoms with E-state index in [0.29, 0.717) is 6.29 Å². The number of benzene rings is 1. The van der Waals surface area contributed by atoms with Gasteiger partial charge >= 0.3 is 6.29 Å². The second-order valence-electron chi connectivity index (χ2n) is 2.40. The van der Waals surface area contributed by atoms with Crippen molar-refractivity contribution in [2.75, 3.05) is 0 Å². The van der Waals surface area contributed by atoms with Crippen LogP contribution in [0.5, 0.6) is 11.5 Å². The Labute approximate surface area is 73.3 Å². The number of aldehydes is 1. The summed E-state index contributed by atoms with van der Waals surface area (Å²) in [4.78, 5) is 10.4. The Morgan fingerprint density at radius 2 is 2.15 bits per heavy atom. The maximum absolute atomic E-state index is 12.5. The number of carbonyl (C=O) groups excluding carboxylic acids is 1. The molecule has 1 aliphatic rings. The van der Waals surface area contributed by atoms with Crippen LogP contribution in [-0.4, -0.2) is 12.6 Å². The first-order valence-electron chi connectivity index (χ1n) is 3.87. The zero-order valence-corrected chi connectivity index (χ0v) is 6.21. The molecule has 5 heteroatoms. The Hall–Kier alpha value is -1.65. The van der Waals surface area contributed by atoms with Crippen LogP contribution in [0.1, 0.15) is 11.7 Å². The molecule has 0 N–H and O–H groups in total. The van der Waals surface area contributed by atoms with Gasteiger partial charge in [-0.15, -0.1) is 8.78 Å². The summed E-state index contributed by atoms with van der Waals surface area (Å²) in [6.45, 7) is 0. The van der Waals surface area contributed by atoms with Crippen LogP contribution in [0.15, 0.2) is 18.2 Å². The number of fused-ring (bicyclic) bond motifs is 1. The molecule has 0 unspecified atom stereocenters. The molecule has 0 bridgehead atoms. The lowest BCUT2D eigenvalue weighted by atomic mass is 10.2. The molecule has 1 heterocycles. The largest absolute Gasteiger partial charge is 0.586 e. The van der Waals surface area contributed by atoms with Crippen LogP contribution >= 0.6 is 0 Å². The number of rotatable bonds is 1. The van der Waals surface area contributed by atoms with Crippen molar-refractivity contribution >= 4 is 6.29 Å². The van der Waals surface area contributed by atoms with E-state index >= 15 is 0 Å². The zero-order valence-electron chi connectivity index (χ0n) is 7.21. The molecule has 1 aliphatic heterocycles. The van der Waals surface area contributed by atoms with Gasteiger partial charge in [-0.2, -0.15) is 0 Å². The highest BCUT2D eigenvalue weighted by Crippen LogP contribution is 2.40. The standard InChI is InChI=1S/C8H4F2O3/c9-8(10)12-6-2-1-5(4-11)3-7(6)13-8/h1-4H/i1D. The minimum Gasteiger partial charge on any atom is -0.395 e. The summed E-state index contributed by atoms with van der Waals surface area (Å²) < 4.78 is 40.5. The van der Waals surface area contributed by atoms with Crippen LogP contribution in [0.4, 0.5) is 8.78 Å². The molecule has 0 fully saturated rings. The van der Waals surface area contributed by atoms with Crippen molar-refractivity contribution in [2.45, 2.75) is 6.29 Å². The summed E-state index contributed by atoms with van der Waals surface area (Å²) >= 11 is 0. The van der Waals surface area contributed by atoms with Crippen molar-refractivity contribution < 1.29 is 24.4 Å². The smallest absolute Gasteiger partial charge is 0.395 e. The maximum Gasteiger partial charge on any atom is 0.586 e. The van der Waals surface area contributed by atoms with Gasteiger partial charge in [0.05, 0.1) is 1.37 Å². The van der Waals surface area contributed by atoms with E-state index in [2.05, 4.69) is 9.47 Å². The van der Waals surface area contributed by atoms with Crippen molar-refractivity contribution in [3.63, 3.8) is 0 Å². The highest BCUT2D eigenvalue weighted by Gasteiger charge is 2.43. The molecule has 0 aromatic heterocycles. The number of carbonyl (C=O) groups is 1. The van der Waals surface area contributed by atoms with Gasteiger partial charge in [0, 0.05) is 5.56 Å². The van der Waals surface area contributed by atoms with E-state index in [1.165, 1.54) is 0 Å². The number of halogens is 2. The molecule has 0 amide bonds. The van der Waals surface area contributed by atoms with Crippen LogP contribution in [0, 0.1) is 0 Å². The fraction of sp³-hybridized carbons (Fsp3) is 0.125. The van der Waals surface area contributed by atoms with Gasteiger partial charge in [0.2, 0.25) is 0 Å². The van der Waals surface area contributed by atoms with Crippen LogP contribution in [0.25, 0.3) is 0 Å². The minimum atomic E-state index is -3.71. The molecule has 0 radical (unpaired) electrons. The summed E-state index contributed by atoms with van der Waals surface area (Å²) in [6.07, 6.45) is -3.32. The summed E-state index contributed by atoms with van der Waals surface area (Å²) in [5, 5.41) is 0. The molecule has 0 spiro atoms. The van der Waals surface area contributed by atoms with E-state index in [1.807, 2.05) is 0 Å². The molecule has 0 saturated heterocycles. The number of hydrogen-bond acceptors (Lipinski definition) is 3. The molecule has 0 atom stereocenters. The zero-order chi connectivity index (χ0) is 10.3. The van der Waals surface area contributed by atoms with Gasteiger partial charge in [0.25, 0.3) is 0 Å². The molecule has 68 valence electrons.